The van der Waals surface area contributed by atoms with E-state index in [0.717, 1.165) is 4.31 Å². The molecular weight excluding hydrogens is 490 g/mol. The van der Waals surface area contributed by atoms with Gasteiger partial charge in [-0.05, 0) is 64.1 Å². The van der Waals surface area contributed by atoms with Crippen LogP contribution in [0.4, 0.5) is 11.4 Å². The van der Waals surface area contributed by atoms with Gasteiger partial charge in [-0.25, -0.2) is 18.1 Å². The molecule has 184 valence electrons. The molecule has 1 unspecified atom stereocenters. The van der Waals surface area contributed by atoms with Crippen molar-refractivity contribution in [2.75, 3.05) is 12.4 Å². The molecule has 1 atom stereocenters. The number of aliphatic imine (C=N–C) groups is 1. The number of carbonyl (C=O) groups is 1. The number of amidine groups is 1. The van der Waals surface area contributed by atoms with Gasteiger partial charge in [-0.15, -0.1) is 0 Å². The van der Waals surface area contributed by atoms with Gasteiger partial charge in [0.25, 0.3) is 15.9 Å². The van der Waals surface area contributed by atoms with Gasteiger partial charge in [0.05, 0.1) is 23.2 Å². The zero-order valence-electron chi connectivity index (χ0n) is 20.0. The summed E-state index contributed by atoms with van der Waals surface area (Å²) in [7, 11) is -2.55. The molecule has 3 aromatic rings. The molecule has 4 rings (SSSR count). The summed E-state index contributed by atoms with van der Waals surface area (Å²) in [4.78, 5) is 18.5. The Kier molecular flexibility index (Phi) is 6.61. The molecule has 0 spiro atoms. The van der Waals surface area contributed by atoms with Crippen molar-refractivity contribution in [1.29, 1.82) is 0 Å². The van der Waals surface area contributed by atoms with Crippen molar-refractivity contribution >= 4 is 44.7 Å². The fraction of sp³-hybridized carbons (Fsp3) is 0.292. The van der Waals surface area contributed by atoms with Crippen molar-refractivity contribution in [2.45, 2.75) is 44.7 Å². The topological polar surface area (TPSA) is 106 Å². The van der Waals surface area contributed by atoms with Crippen molar-refractivity contribution in [1.82, 2.24) is 14.1 Å². The number of amides is 1. The Hall–Kier alpha value is -3.37. The van der Waals surface area contributed by atoms with Gasteiger partial charge in [0.1, 0.15) is 10.6 Å². The Balaban J connectivity index is 1.85. The average molecular weight is 516 g/mol. The Morgan fingerprint density at radius 1 is 1.11 bits per heavy atom. The Morgan fingerprint density at radius 2 is 1.83 bits per heavy atom. The van der Waals surface area contributed by atoms with Crippen LogP contribution in [0.25, 0.3) is 0 Å². The van der Waals surface area contributed by atoms with E-state index in [1.54, 1.807) is 56.3 Å². The molecule has 35 heavy (non-hydrogen) atoms. The van der Waals surface area contributed by atoms with Gasteiger partial charge in [-0.1, -0.05) is 23.7 Å². The number of ether oxygens (including phenoxy) is 1. The summed E-state index contributed by atoms with van der Waals surface area (Å²) in [5.74, 6) is -0.102. The molecule has 1 aromatic heterocycles. The van der Waals surface area contributed by atoms with E-state index in [1.165, 1.54) is 17.8 Å². The van der Waals surface area contributed by atoms with Crippen molar-refractivity contribution in [3.8, 4) is 5.75 Å². The number of para-hydroxylation sites is 1. The maximum atomic E-state index is 13.8. The molecule has 0 saturated heterocycles. The highest BCUT2D eigenvalue weighted by molar-refractivity contribution is 7.90. The van der Waals surface area contributed by atoms with Crippen molar-refractivity contribution in [2.24, 2.45) is 4.99 Å². The van der Waals surface area contributed by atoms with Crippen LogP contribution in [0.5, 0.6) is 5.75 Å². The number of fused-ring (bicyclic) bond motifs is 1. The number of hydrogen-bond acceptors (Lipinski definition) is 6. The molecule has 1 amide bonds. The Bertz CT molecular complexity index is 1430. The summed E-state index contributed by atoms with van der Waals surface area (Å²) in [6.45, 7) is 7.32. The number of hydrogen-bond donors (Lipinski definition) is 1. The Labute approximate surface area is 209 Å². The van der Waals surface area contributed by atoms with Crippen LogP contribution >= 0.6 is 11.6 Å². The zero-order valence-corrected chi connectivity index (χ0v) is 21.6. The lowest BCUT2D eigenvalue weighted by atomic mass is 10.2. The molecule has 1 aliphatic heterocycles. The van der Waals surface area contributed by atoms with E-state index in [9.17, 15) is 13.2 Å². The molecule has 2 aromatic carbocycles. The largest absolute Gasteiger partial charge is 0.489 e. The van der Waals surface area contributed by atoms with Crippen LogP contribution in [0.15, 0.2) is 58.4 Å². The summed E-state index contributed by atoms with van der Waals surface area (Å²) in [5, 5.41) is 7.73. The molecule has 9 nitrogen and oxygen atoms in total. The molecule has 0 radical (unpaired) electrons. The number of aromatic nitrogens is 2. The highest BCUT2D eigenvalue weighted by Gasteiger charge is 2.40. The van der Waals surface area contributed by atoms with Crippen LogP contribution in [0, 0.1) is 13.8 Å². The lowest BCUT2D eigenvalue weighted by Gasteiger charge is -2.31. The molecule has 0 fully saturated rings. The first kappa shape index (κ1) is 24.7. The van der Waals surface area contributed by atoms with E-state index in [0.29, 0.717) is 27.8 Å². The SMILES string of the molecule is Cc1cc(C)n(C(C(=O)Nc2cc(Cl)ccc2OC(C)C)C2=Nc3ccccc3S(=O)(=O)N2C)n1. The third-order valence-corrected chi connectivity index (χ3v) is 7.45. The highest BCUT2D eigenvalue weighted by atomic mass is 35.5. The predicted octanol–water partition coefficient (Wildman–Crippen LogP) is 4.48. The van der Waals surface area contributed by atoms with E-state index in [1.807, 2.05) is 13.8 Å². The molecule has 0 saturated carbocycles. The minimum atomic E-state index is -3.93. The minimum absolute atomic E-state index is 0.0146. The number of rotatable bonds is 6. The second-order valence-electron chi connectivity index (χ2n) is 8.48. The molecule has 1 N–H and O–H groups in total. The normalized spacial score (nSPS) is 15.4. The van der Waals surface area contributed by atoms with Crippen LogP contribution in [-0.2, 0) is 14.8 Å². The lowest BCUT2D eigenvalue weighted by Crippen LogP contribution is -2.45. The molecular formula is C24H26ClN5O4S. The van der Waals surface area contributed by atoms with Crippen LogP contribution < -0.4 is 10.1 Å². The van der Waals surface area contributed by atoms with E-state index < -0.39 is 22.0 Å². The summed E-state index contributed by atoms with van der Waals surface area (Å²) in [5.41, 5.74) is 1.95. The van der Waals surface area contributed by atoms with E-state index in [2.05, 4.69) is 15.4 Å². The van der Waals surface area contributed by atoms with E-state index in [-0.39, 0.29) is 22.5 Å². The number of likely N-dealkylation sites (N-methyl/N-ethyl adjacent to an activating group) is 1. The molecule has 0 bridgehead atoms. The van der Waals surface area contributed by atoms with Gasteiger partial charge < -0.3 is 10.1 Å². The second-order valence-corrected chi connectivity index (χ2v) is 10.9. The quantitative estimate of drug-likeness (QED) is 0.521. The van der Waals surface area contributed by atoms with Crippen molar-refractivity contribution < 1.29 is 17.9 Å². The third-order valence-electron chi connectivity index (χ3n) is 5.41. The fourth-order valence-corrected chi connectivity index (χ4v) is 5.35. The van der Waals surface area contributed by atoms with Crippen LogP contribution in [-0.4, -0.2) is 47.4 Å². The third kappa shape index (κ3) is 4.76. The summed E-state index contributed by atoms with van der Waals surface area (Å²) in [6, 6.07) is 11.9. The summed E-state index contributed by atoms with van der Waals surface area (Å²) < 4.78 is 34.9. The van der Waals surface area contributed by atoms with Gasteiger partial charge >= 0.3 is 0 Å². The fourth-order valence-electron chi connectivity index (χ4n) is 3.87. The number of halogens is 1. The van der Waals surface area contributed by atoms with Crippen LogP contribution in [0.3, 0.4) is 0 Å². The monoisotopic (exact) mass is 515 g/mol. The predicted molar refractivity (Wildman–Crippen MR) is 135 cm³/mol. The van der Waals surface area contributed by atoms with Gasteiger partial charge in [-0.2, -0.15) is 5.10 Å². The van der Waals surface area contributed by atoms with E-state index in [4.69, 9.17) is 16.3 Å². The number of nitrogens with one attached hydrogen (secondary N) is 1. The van der Waals surface area contributed by atoms with Crippen LogP contribution in [0.2, 0.25) is 5.02 Å². The highest BCUT2D eigenvalue weighted by Crippen LogP contribution is 2.35. The number of nitrogens with zero attached hydrogens (tertiary/aromatic N) is 4. The molecule has 1 aliphatic rings. The molecule has 0 aliphatic carbocycles. The zero-order chi connectivity index (χ0) is 25.5. The Morgan fingerprint density at radius 3 is 2.49 bits per heavy atom. The molecule has 2 heterocycles. The lowest BCUT2D eigenvalue weighted by molar-refractivity contribution is -0.117. The number of anilines is 1. The van der Waals surface area contributed by atoms with Crippen molar-refractivity contribution in [3.05, 3.63) is 64.9 Å². The number of sulfonamides is 1. The first-order valence-corrected chi connectivity index (χ1v) is 12.8. The maximum absolute atomic E-state index is 13.8. The van der Waals surface area contributed by atoms with Crippen molar-refractivity contribution in [3.63, 3.8) is 0 Å². The number of aryl methyl sites for hydroxylation is 2. The first-order chi connectivity index (χ1) is 16.5. The average Bonchev–Trinajstić information content (AvgIpc) is 3.11. The second kappa shape index (κ2) is 9.35. The van der Waals surface area contributed by atoms with Gasteiger partial charge in [0, 0.05) is 17.8 Å². The maximum Gasteiger partial charge on any atom is 0.267 e. The summed E-state index contributed by atoms with van der Waals surface area (Å²) >= 11 is 6.19. The van der Waals surface area contributed by atoms with Gasteiger partial charge in [0.2, 0.25) is 0 Å². The van der Waals surface area contributed by atoms with Crippen LogP contribution in [0.1, 0.15) is 31.3 Å². The minimum Gasteiger partial charge on any atom is -0.489 e. The van der Waals surface area contributed by atoms with Gasteiger partial charge in [0.15, 0.2) is 11.9 Å². The van der Waals surface area contributed by atoms with Gasteiger partial charge in [-0.3, -0.25) is 9.10 Å². The smallest absolute Gasteiger partial charge is 0.267 e. The van der Waals surface area contributed by atoms with E-state index >= 15 is 0 Å². The first-order valence-electron chi connectivity index (χ1n) is 11.0. The summed E-state index contributed by atoms with van der Waals surface area (Å²) in [6.07, 6.45) is -0.144. The number of carbonyl (C=O) groups excluding carboxylic acids is 1. The standard InChI is InChI=1S/C24H26ClN5O4S/c1-14(2)34-20-11-10-17(25)13-19(20)27-24(31)22(30-16(4)12-15(3)28-30)23-26-18-8-6-7-9-21(18)35(32,33)29(23)5/h6-14,22H,1-5H3,(H,27,31). The number of benzene rings is 2. The molecule has 11 heteroatoms.